The van der Waals surface area contributed by atoms with E-state index in [2.05, 4.69) is 15.4 Å². The largest absolute Gasteiger partial charge is 0.366 e. The molecule has 1 atom stereocenters. The van der Waals surface area contributed by atoms with Crippen molar-refractivity contribution in [1.82, 2.24) is 4.72 Å². The molecule has 0 saturated carbocycles. The number of fused-ring (bicyclic) bond motifs is 1. The molecule has 130 valence electrons. The van der Waals surface area contributed by atoms with Crippen molar-refractivity contribution in [3.8, 4) is 0 Å². The van der Waals surface area contributed by atoms with Crippen LogP contribution in [0.3, 0.4) is 0 Å². The summed E-state index contributed by atoms with van der Waals surface area (Å²) in [6.07, 6.45) is -1.16. The lowest BCUT2D eigenvalue weighted by Gasteiger charge is -2.27. The van der Waals surface area contributed by atoms with Crippen LogP contribution in [0.2, 0.25) is 0 Å². The Balaban J connectivity index is 1.80. The molecule has 0 aliphatic carbocycles. The van der Waals surface area contributed by atoms with E-state index in [0.29, 0.717) is 16.9 Å². The highest BCUT2D eigenvalue weighted by molar-refractivity contribution is 7.89. The molecule has 2 aromatic rings. The van der Waals surface area contributed by atoms with Crippen LogP contribution in [0.5, 0.6) is 0 Å². The Morgan fingerprint density at radius 1 is 1.12 bits per heavy atom. The van der Waals surface area contributed by atoms with Gasteiger partial charge in [0.25, 0.3) is 5.91 Å². The molecular weight excluding hydrogens is 344 g/mol. The minimum absolute atomic E-state index is 0.0907. The van der Waals surface area contributed by atoms with Gasteiger partial charge in [-0.1, -0.05) is 6.07 Å². The number of aryl methyl sites for hydroxylation is 1. The third-order valence-electron chi connectivity index (χ3n) is 3.70. The van der Waals surface area contributed by atoms with Crippen LogP contribution < -0.4 is 21.1 Å². The fourth-order valence-electron chi connectivity index (χ4n) is 2.45. The van der Waals surface area contributed by atoms with E-state index < -0.39 is 28.0 Å². The summed E-state index contributed by atoms with van der Waals surface area (Å²) in [5.74, 6) is -1.16. The Kier molecular flexibility index (Phi) is 4.19. The lowest BCUT2D eigenvalue weighted by Crippen LogP contribution is -2.51. The summed E-state index contributed by atoms with van der Waals surface area (Å²) in [6.45, 7) is 1.83. The molecule has 1 aliphatic rings. The second-order valence-corrected chi connectivity index (χ2v) is 7.31. The molecule has 1 unspecified atom stereocenters. The number of nitrogens with two attached hydrogens (primary N) is 1. The molecule has 1 aliphatic heterocycles. The summed E-state index contributed by atoms with van der Waals surface area (Å²) in [5.41, 5.74) is 7.10. The Labute approximate surface area is 144 Å². The van der Waals surface area contributed by atoms with Crippen LogP contribution >= 0.6 is 0 Å². The maximum Gasteiger partial charge on any atom is 0.262 e. The van der Waals surface area contributed by atoms with Crippen LogP contribution in [0.25, 0.3) is 0 Å². The molecule has 0 aromatic heterocycles. The van der Waals surface area contributed by atoms with E-state index in [1.165, 1.54) is 30.3 Å². The lowest BCUT2D eigenvalue weighted by atomic mass is 10.2. The van der Waals surface area contributed by atoms with Gasteiger partial charge < -0.3 is 16.4 Å². The van der Waals surface area contributed by atoms with Gasteiger partial charge in [0, 0.05) is 11.3 Å². The zero-order valence-corrected chi connectivity index (χ0v) is 14.1. The number of carbonyl (C=O) groups is 2. The summed E-state index contributed by atoms with van der Waals surface area (Å²) in [7, 11) is -3.80. The summed E-state index contributed by atoms with van der Waals surface area (Å²) >= 11 is 0. The van der Waals surface area contributed by atoms with Crippen molar-refractivity contribution >= 4 is 33.2 Å². The van der Waals surface area contributed by atoms with Crippen molar-refractivity contribution in [3.63, 3.8) is 0 Å². The number of primary amides is 1. The second kappa shape index (κ2) is 6.19. The molecular formula is C16H16N4O4S. The molecule has 0 fully saturated rings. The highest BCUT2D eigenvalue weighted by Gasteiger charge is 2.33. The number of benzene rings is 2. The quantitative estimate of drug-likeness (QED) is 0.642. The van der Waals surface area contributed by atoms with Crippen molar-refractivity contribution in [2.24, 2.45) is 5.73 Å². The number of rotatable bonds is 3. The van der Waals surface area contributed by atoms with Gasteiger partial charge in [0.15, 0.2) is 6.17 Å². The predicted molar refractivity (Wildman–Crippen MR) is 92.5 cm³/mol. The Bertz CT molecular complexity index is 955. The lowest BCUT2D eigenvalue weighted by molar-refractivity contribution is -0.117. The topological polar surface area (TPSA) is 130 Å². The van der Waals surface area contributed by atoms with E-state index >= 15 is 0 Å². The van der Waals surface area contributed by atoms with Crippen molar-refractivity contribution in [2.75, 3.05) is 10.6 Å². The Hall–Kier alpha value is -2.91. The number of carbonyl (C=O) groups excluding carboxylic acids is 2. The highest BCUT2D eigenvalue weighted by atomic mass is 32.2. The summed E-state index contributed by atoms with van der Waals surface area (Å²) in [6, 6.07) is 10.8. The molecule has 0 saturated heterocycles. The van der Waals surface area contributed by atoms with Gasteiger partial charge in [0.2, 0.25) is 15.9 Å². The van der Waals surface area contributed by atoms with E-state index in [1.54, 1.807) is 12.1 Å². The van der Waals surface area contributed by atoms with Gasteiger partial charge in [0.1, 0.15) is 4.90 Å². The molecule has 3 rings (SSSR count). The number of anilines is 2. The van der Waals surface area contributed by atoms with Crippen LogP contribution in [0.4, 0.5) is 11.4 Å². The van der Waals surface area contributed by atoms with E-state index in [4.69, 9.17) is 5.73 Å². The van der Waals surface area contributed by atoms with Gasteiger partial charge in [-0.2, -0.15) is 4.72 Å². The zero-order chi connectivity index (χ0) is 18.2. The van der Waals surface area contributed by atoms with Crippen molar-refractivity contribution in [3.05, 3.63) is 53.6 Å². The molecule has 0 radical (unpaired) electrons. The normalized spacial score (nSPS) is 17.9. The van der Waals surface area contributed by atoms with Crippen LogP contribution in [0, 0.1) is 6.92 Å². The summed E-state index contributed by atoms with van der Waals surface area (Å²) < 4.78 is 26.9. The summed E-state index contributed by atoms with van der Waals surface area (Å²) in [4.78, 5) is 23.5. The first kappa shape index (κ1) is 16.9. The first-order valence-corrected chi connectivity index (χ1v) is 8.85. The molecule has 9 heteroatoms. The minimum atomic E-state index is -3.80. The average molecular weight is 360 g/mol. The van der Waals surface area contributed by atoms with Crippen LogP contribution in [0.1, 0.15) is 15.9 Å². The van der Waals surface area contributed by atoms with Gasteiger partial charge in [-0.15, -0.1) is 0 Å². The molecule has 25 heavy (non-hydrogen) atoms. The standard InChI is InChI=1S/C16H16N4O4S/c1-9-2-7-13-12(8-9)19-15(20-25(13,23)24)16(22)18-11-5-3-10(4-6-11)14(17)21/h2-8,15,19-20H,1H3,(H2,17,21)(H,18,22). The first-order chi connectivity index (χ1) is 11.8. The second-order valence-electron chi connectivity index (χ2n) is 5.63. The molecule has 1 heterocycles. The zero-order valence-electron chi connectivity index (χ0n) is 13.2. The third-order valence-corrected chi connectivity index (χ3v) is 5.18. The highest BCUT2D eigenvalue weighted by Crippen LogP contribution is 2.27. The minimum Gasteiger partial charge on any atom is -0.366 e. The fraction of sp³-hybridized carbons (Fsp3) is 0.125. The predicted octanol–water partition coefficient (Wildman–Crippen LogP) is 0.763. The third kappa shape index (κ3) is 3.47. The number of hydrogen-bond donors (Lipinski definition) is 4. The van der Waals surface area contributed by atoms with E-state index in [1.807, 2.05) is 6.92 Å². The van der Waals surface area contributed by atoms with Crippen LogP contribution in [0.15, 0.2) is 47.4 Å². The van der Waals surface area contributed by atoms with Crippen molar-refractivity contribution < 1.29 is 18.0 Å². The van der Waals surface area contributed by atoms with Gasteiger partial charge in [-0.25, -0.2) is 8.42 Å². The fourth-order valence-corrected chi connectivity index (χ4v) is 3.70. The van der Waals surface area contributed by atoms with E-state index in [-0.39, 0.29) is 4.90 Å². The Morgan fingerprint density at radius 2 is 1.80 bits per heavy atom. The SMILES string of the molecule is Cc1ccc2c(c1)NC(C(=O)Nc1ccc(C(N)=O)cc1)NS2(=O)=O. The monoisotopic (exact) mass is 360 g/mol. The van der Waals surface area contributed by atoms with Gasteiger partial charge in [0.05, 0.1) is 5.69 Å². The van der Waals surface area contributed by atoms with Crippen LogP contribution in [-0.4, -0.2) is 26.4 Å². The molecule has 0 spiro atoms. The van der Waals surface area contributed by atoms with Crippen LogP contribution in [-0.2, 0) is 14.8 Å². The molecule has 5 N–H and O–H groups in total. The maximum absolute atomic E-state index is 12.4. The molecule has 0 bridgehead atoms. The number of nitrogens with one attached hydrogen (secondary N) is 3. The molecule has 2 aromatic carbocycles. The number of amides is 2. The number of hydrogen-bond acceptors (Lipinski definition) is 5. The van der Waals surface area contributed by atoms with Gasteiger partial charge in [-0.3, -0.25) is 9.59 Å². The maximum atomic E-state index is 12.4. The Morgan fingerprint density at radius 3 is 2.44 bits per heavy atom. The van der Waals surface area contributed by atoms with E-state index in [0.717, 1.165) is 5.56 Å². The van der Waals surface area contributed by atoms with Gasteiger partial charge in [-0.05, 0) is 48.9 Å². The molecule has 2 amide bonds. The number of sulfonamides is 1. The molecule has 8 nitrogen and oxygen atoms in total. The summed E-state index contributed by atoms with van der Waals surface area (Å²) in [5, 5.41) is 5.45. The van der Waals surface area contributed by atoms with Gasteiger partial charge >= 0.3 is 0 Å². The smallest absolute Gasteiger partial charge is 0.262 e. The van der Waals surface area contributed by atoms with E-state index in [9.17, 15) is 18.0 Å². The van der Waals surface area contributed by atoms with Crippen molar-refractivity contribution in [1.29, 1.82) is 0 Å². The average Bonchev–Trinajstić information content (AvgIpc) is 2.54. The first-order valence-electron chi connectivity index (χ1n) is 7.36. The van der Waals surface area contributed by atoms with Crippen molar-refractivity contribution in [2.45, 2.75) is 18.0 Å².